The maximum atomic E-state index is 5.74. The fourth-order valence-corrected chi connectivity index (χ4v) is 2.81. The number of hydrogen-bond donors (Lipinski definition) is 1. The first-order chi connectivity index (χ1) is 12.3. The molecule has 0 atom stereocenters. The van der Waals surface area contributed by atoms with Crippen LogP contribution in [0, 0.1) is 0 Å². The van der Waals surface area contributed by atoms with Crippen LogP contribution in [0.15, 0.2) is 48.5 Å². The van der Waals surface area contributed by atoms with E-state index in [4.69, 9.17) is 14.2 Å². The Bertz CT molecular complexity index is 633. The third-order valence-electron chi connectivity index (χ3n) is 4.22. The lowest BCUT2D eigenvalue weighted by Crippen LogP contribution is -2.42. The summed E-state index contributed by atoms with van der Waals surface area (Å²) in [6.07, 6.45) is 0. The number of methoxy groups -OCH3 is 1. The topological polar surface area (TPSA) is 43.0 Å². The number of halogens is 2. The van der Waals surface area contributed by atoms with Crippen molar-refractivity contribution in [2.24, 2.45) is 0 Å². The fourth-order valence-electron chi connectivity index (χ4n) is 2.81. The van der Waals surface area contributed by atoms with E-state index in [1.165, 1.54) is 5.56 Å². The Morgan fingerprint density at radius 1 is 0.778 bits per heavy atom. The lowest BCUT2D eigenvalue weighted by molar-refractivity contribution is 0.216. The highest BCUT2D eigenvalue weighted by molar-refractivity contribution is 5.85. The fraction of sp³-hybridized carbons (Fsp3) is 0.400. The molecule has 0 unspecified atom stereocenters. The van der Waals surface area contributed by atoms with Crippen molar-refractivity contribution in [3.8, 4) is 17.2 Å². The van der Waals surface area contributed by atoms with Crippen LogP contribution in [0.5, 0.6) is 17.2 Å². The van der Waals surface area contributed by atoms with Crippen LogP contribution < -0.4 is 19.5 Å². The van der Waals surface area contributed by atoms with Crippen molar-refractivity contribution in [3.63, 3.8) is 0 Å². The summed E-state index contributed by atoms with van der Waals surface area (Å²) in [7, 11) is 1.65. The Hall–Kier alpha value is -1.66. The van der Waals surface area contributed by atoms with Crippen LogP contribution in [0.2, 0.25) is 0 Å². The van der Waals surface area contributed by atoms with Gasteiger partial charge in [0.05, 0.1) is 7.11 Å². The minimum Gasteiger partial charge on any atom is -0.497 e. The molecule has 0 saturated carbocycles. The van der Waals surface area contributed by atoms with Crippen molar-refractivity contribution in [1.29, 1.82) is 0 Å². The quantitative estimate of drug-likeness (QED) is 0.670. The van der Waals surface area contributed by atoms with Crippen LogP contribution in [0.1, 0.15) is 5.56 Å². The smallest absolute Gasteiger partial charge is 0.122 e. The Morgan fingerprint density at radius 3 is 1.78 bits per heavy atom. The first kappa shape index (κ1) is 23.4. The number of rotatable bonds is 8. The molecule has 0 spiro atoms. The number of piperazine rings is 1. The van der Waals surface area contributed by atoms with Crippen molar-refractivity contribution in [2.45, 2.75) is 6.54 Å². The average Bonchev–Trinajstić information content (AvgIpc) is 2.68. The van der Waals surface area contributed by atoms with Crippen LogP contribution in [0.25, 0.3) is 0 Å². The van der Waals surface area contributed by atoms with Crippen LogP contribution in [0.4, 0.5) is 0 Å². The van der Waals surface area contributed by atoms with Crippen LogP contribution >= 0.6 is 24.8 Å². The van der Waals surface area contributed by atoms with Gasteiger partial charge in [0.2, 0.25) is 0 Å². The van der Waals surface area contributed by atoms with Crippen LogP contribution in [-0.4, -0.2) is 51.4 Å². The zero-order valence-corrected chi connectivity index (χ0v) is 17.2. The maximum absolute atomic E-state index is 5.74. The standard InChI is InChI=1S/C20H26N2O3.2ClH/c1-23-18-6-8-20(9-7-18)25-15-14-24-19-4-2-17(3-5-19)16-22-12-10-21-11-13-22;;/h2-9,21H,10-16H2,1H3;2*1H. The van der Waals surface area contributed by atoms with Gasteiger partial charge in [0.25, 0.3) is 0 Å². The van der Waals surface area contributed by atoms with E-state index in [9.17, 15) is 0 Å². The zero-order chi connectivity index (χ0) is 17.3. The van der Waals surface area contributed by atoms with E-state index in [2.05, 4.69) is 22.3 Å². The van der Waals surface area contributed by atoms with E-state index in [-0.39, 0.29) is 24.8 Å². The first-order valence-electron chi connectivity index (χ1n) is 8.75. The lowest BCUT2D eigenvalue weighted by Gasteiger charge is -2.27. The van der Waals surface area contributed by atoms with Crippen molar-refractivity contribution >= 4 is 24.8 Å². The van der Waals surface area contributed by atoms with Gasteiger partial charge in [-0.05, 0) is 42.0 Å². The molecule has 0 radical (unpaired) electrons. The summed E-state index contributed by atoms with van der Waals surface area (Å²) in [5.41, 5.74) is 1.32. The third kappa shape index (κ3) is 7.85. The third-order valence-corrected chi connectivity index (χ3v) is 4.22. The molecular formula is C20H28Cl2N2O3. The number of nitrogens with one attached hydrogen (secondary N) is 1. The van der Waals surface area contributed by atoms with Gasteiger partial charge in [-0.1, -0.05) is 12.1 Å². The molecule has 2 aromatic rings. The minimum atomic E-state index is 0. The highest BCUT2D eigenvalue weighted by Crippen LogP contribution is 2.17. The molecule has 7 heteroatoms. The summed E-state index contributed by atoms with van der Waals surface area (Å²) >= 11 is 0. The van der Waals surface area contributed by atoms with Crippen molar-refractivity contribution in [3.05, 3.63) is 54.1 Å². The Labute approximate surface area is 173 Å². The molecule has 1 aliphatic rings. The molecule has 0 bridgehead atoms. The molecule has 0 aliphatic carbocycles. The summed E-state index contributed by atoms with van der Waals surface area (Å²) in [6.45, 7) is 6.41. The largest absolute Gasteiger partial charge is 0.497 e. The summed E-state index contributed by atoms with van der Waals surface area (Å²) in [6, 6.07) is 15.9. The van der Waals surface area contributed by atoms with Gasteiger partial charge in [0.1, 0.15) is 30.5 Å². The lowest BCUT2D eigenvalue weighted by atomic mass is 10.2. The second-order valence-electron chi connectivity index (χ2n) is 6.04. The van der Waals surface area contributed by atoms with Crippen LogP contribution in [-0.2, 0) is 6.54 Å². The molecule has 0 amide bonds. The predicted octanol–water partition coefficient (Wildman–Crippen LogP) is 3.40. The SMILES string of the molecule is COc1ccc(OCCOc2ccc(CN3CCNCC3)cc2)cc1.Cl.Cl. The van der Waals surface area contributed by atoms with E-state index in [1.807, 2.05) is 36.4 Å². The predicted molar refractivity (Wildman–Crippen MR) is 113 cm³/mol. The van der Waals surface area contributed by atoms with Crippen molar-refractivity contribution < 1.29 is 14.2 Å². The normalized spacial score (nSPS) is 13.8. The van der Waals surface area contributed by atoms with Crippen molar-refractivity contribution in [2.75, 3.05) is 46.5 Å². The minimum absolute atomic E-state index is 0. The van der Waals surface area contributed by atoms with Crippen molar-refractivity contribution in [1.82, 2.24) is 10.2 Å². The monoisotopic (exact) mass is 414 g/mol. The molecule has 27 heavy (non-hydrogen) atoms. The Morgan fingerprint density at radius 2 is 1.26 bits per heavy atom. The van der Waals surface area contributed by atoms with Gasteiger partial charge in [-0.2, -0.15) is 0 Å². The molecule has 3 rings (SSSR count). The Balaban J connectivity index is 0.00000182. The van der Waals surface area contributed by atoms with Gasteiger partial charge in [0, 0.05) is 32.7 Å². The van der Waals surface area contributed by atoms with Gasteiger partial charge in [-0.25, -0.2) is 0 Å². The molecule has 1 fully saturated rings. The van der Waals surface area contributed by atoms with E-state index in [0.29, 0.717) is 13.2 Å². The second kappa shape index (κ2) is 12.7. The van der Waals surface area contributed by atoms with E-state index < -0.39 is 0 Å². The molecule has 150 valence electrons. The van der Waals surface area contributed by atoms with Gasteiger partial charge in [0.15, 0.2) is 0 Å². The molecular weight excluding hydrogens is 387 g/mol. The van der Waals surface area contributed by atoms with Gasteiger partial charge in [-0.3, -0.25) is 4.90 Å². The van der Waals surface area contributed by atoms with Gasteiger partial charge < -0.3 is 19.5 Å². The first-order valence-corrected chi connectivity index (χ1v) is 8.75. The second-order valence-corrected chi connectivity index (χ2v) is 6.04. The number of hydrogen-bond acceptors (Lipinski definition) is 5. The maximum Gasteiger partial charge on any atom is 0.122 e. The average molecular weight is 415 g/mol. The van der Waals surface area contributed by atoms with Crippen LogP contribution in [0.3, 0.4) is 0 Å². The van der Waals surface area contributed by atoms with E-state index >= 15 is 0 Å². The summed E-state index contributed by atoms with van der Waals surface area (Å²) in [5, 5.41) is 3.38. The number of ether oxygens (including phenoxy) is 3. The Kier molecular flexibility index (Phi) is 11.0. The summed E-state index contributed by atoms with van der Waals surface area (Å²) in [5.74, 6) is 2.52. The molecule has 1 aliphatic heterocycles. The summed E-state index contributed by atoms with van der Waals surface area (Å²) in [4.78, 5) is 2.47. The van der Waals surface area contributed by atoms with Gasteiger partial charge in [-0.15, -0.1) is 24.8 Å². The highest BCUT2D eigenvalue weighted by atomic mass is 35.5. The number of nitrogens with zero attached hydrogens (tertiary/aromatic N) is 1. The molecule has 2 aromatic carbocycles. The molecule has 5 nitrogen and oxygen atoms in total. The highest BCUT2D eigenvalue weighted by Gasteiger charge is 2.09. The summed E-state index contributed by atoms with van der Waals surface area (Å²) < 4.78 is 16.5. The molecule has 1 saturated heterocycles. The van der Waals surface area contributed by atoms with E-state index in [1.54, 1.807) is 7.11 Å². The molecule has 1 heterocycles. The molecule has 1 N–H and O–H groups in total. The zero-order valence-electron chi connectivity index (χ0n) is 15.6. The molecule has 0 aromatic heterocycles. The van der Waals surface area contributed by atoms with Gasteiger partial charge >= 0.3 is 0 Å². The number of benzene rings is 2. The van der Waals surface area contributed by atoms with E-state index in [0.717, 1.165) is 50.0 Å².